The second kappa shape index (κ2) is 11.6. The molecule has 4 nitrogen and oxygen atoms in total. The van der Waals surface area contributed by atoms with Crippen molar-refractivity contribution < 1.29 is 0 Å². The topological polar surface area (TPSA) is 104 Å². The molecule has 4 unspecified atom stereocenters. The Balaban J connectivity index is 3.40. The standard InChI is InChI=1S/C15H36N4/c1-12(16)6-3-8-14(18)10-5-11-15(19)9-4-7-13(2)17/h12-15H,3-11,16-19H2,1-2H3. The second-order valence-electron chi connectivity index (χ2n) is 6.27. The second-order valence-corrected chi connectivity index (χ2v) is 6.27. The van der Waals surface area contributed by atoms with Gasteiger partial charge in [0.05, 0.1) is 0 Å². The van der Waals surface area contributed by atoms with Crippen LogP contribution in [-0.2, 0) is 0 Å². The maximum atomic E-state index is 6.09. The minimum Gasteiger partial charge on any atom is -0.328 e. The lowest BCUT2D eigenvalue weighted by molar-refractivity contribution is 0.452. The summed E-state index contributed by atoms with van der Waals surface area (Å²) in [6, 6.07) is 1.22. The van der Waals surface area contributed by atoms with Crippen molar-refractivity contribution in [3.63, 3.8) is 0 Å². The Morgan fingerprint density at radius 2 is 0.789 bits per heavy atom. The number of hydrogen-bond acceptors (Lipinski definition) is 4. The summed E-state index contributed by atoms with van der Waals surface area (Å²) in [5.74, 6) is 0. The summed E-state index contributed by atoms with van der Waals surface area (Å²) in [6.45, 7) is 4.10. The lowest BCUT2D eigenvalue weighted by Gasteiger charge is -2.15. The molecule has 0 aromatic carbocycles. The first-order valence-corrected chi connectivity index (χ1v) is 7.94. The van der Waals surface area contributed by atoms with Gasteiger partial charge in [0, 0.05) is 24.2 Å². The smallest absolute Gasteiger partial charge is 0.00388 e. The van der Waals surface area contributed by atoms with E-state index in [0.29, 0.717) is 24.2 Å². The van der Waals surface area contributed by atoms with Crippen LogP contribution in [0.1, 0.15) is 71.6 Å². The third kappa shape index (κ3) is 14.1. The van der Waals surface area contributed by atoms with Gasteiger partial charge < -0.3 is 22.9 Å². The SMILES string of the molecule is CC(N)CCCC(N)CCCC(N)CCCC(C)N. The van der Waals surface area contributed by atoms with Gasteiger partial charge in [-0.25, -0.2) is 0 Å². The van der Waals surface area contributed by atoms with E-state index in [-0.39, 0.29) is 0 Å². The van der Waals surface area contributed by atoms with E-state index in [1.807, 2.05) is 13.8 Å². The third-order valence-corrected chi connectivity index (χ3v) is 3.62. The Hall–Kier alpha value is -0.160. The quantitative estimate of drug-likeness (QED) is 0.435. The zero-order valence-electron chi connectivity index (χ0n) is 13.0. The van der Waals surface area contributed by atoms with Crippen molar-refractivity contribution in [3.05, 3.63) is 0 Å². The van der Waals surface area contributed by atoms with E-state index in [1.54, 1.807) is 0 Å². The molecule has 0 aliphatic carbocycles. The highest BCUT2D eigenvalue weighted by atomic mass is 14.6. The first-order valence-electron chi connectivity index (χ1n) is 7.94. The van der Waals surface area contributed by atoms with Gasteiger partial charge in [0.2, 0.25) is 0 Å². The van der Waals surface area contributed by atoms with Gasteiger partial charge in [-0.3, -0.25) is 0 Å². The molecule has 4 heteroatoms. The Morgan fingerprint density at radius 3 is 1.05 bits per heavy atom. The highest BCUT2D eigenvalue weighted by molar-refractivity contribution is 4.68. The molecule has 4 atom stereocenters. The van der Waals surface area contributed by atoms with Gasteiger partial charge in [-0.05, 0) is 52.4 Å². The van der Waals surface area contributed by atoms with Crippen LogP contribution in [0.3, 0.4) is 0 Å². The fraction of sp³-hybridized carbons (Fsp3) is 1.00. The first kappa shape index (κ1) is 18.8. The Labute approximate surface area is 119 Å². The van der Waals surface area contributed by atoms with E-state index in [1.165, 1.54) is 0 Å². The summed E-state index contributed by atoms with van der Waals surface area (Å²) in [6.07, 6.45) is 9.90. The molecule has 0 radical (unpaired) electrons. The molecule has 0 spiro atoms. The molecule has 19 heavy (non-hydrogen) atoms. The van der Waals surface area contributed by atoms with E-state index < -0.39 is 0 Å². The average Bonchev–Trinajstić information content (AvgIpc) is 2.27. The van der Waals surface area contributed by atoms with Gasteiger partial charge >= 0.3 is 0 Å². The first-order chi connectivity index (χ1) is 8.91. The molecular weight excluding hydrogens is 236 g/mol. The summed E-state index contributed by atoms with van der Waals surface area (Å²) in [5, 5.41) is 0. The molecule has 0 saturated heterocycles. The van der Waals surface area contributed by atoms with E-state index in [4.69, 9.17) is 22.9 Å². The van der Waals surface area contributed by atoms with Crippen molar-refractivity contribution in [1.29, 1.82) is 0 Å². The molecule has 0 aromatic heterocycles. The van der Waals surface area contributed by atoms with Crippen molar-refractivity contribution in [3.8, 4) is 0 Å². The molecule has 116 valence electrons. The summed E-state index contributed by atoms with van der Waals surface area (Å²) in [5.41, 5.74) is 23.6. The van der Waals surface area contributed by atoms with E-state index in [2.05, 4.69) is 0 Å². The van der Waals surface area contributed by atoms with Gasteiger partial charge in [0.25, 0.3) is 0 Å². The molecule has 0 amide bonds. The molecule has 0 bridgehead atoms. The largest absolute Gasteiger partial charge is 0.328 e. The fourth-order valence-electron chi connectivity index (χ4n) is 2.33. The normalized spacial score (nSPS) is 18.0. The van der Waals surface area contributed by atoms with Crippen LogP contribution in [0.4, 0.5) is 0 Å². The van der Waals surface area contributed by atoms with Crippen molar-refractivity contribution in [2.24, 2.45) is 22.9 Å². The minimum absolute atomic E-state index is 0.297. The molecule has 0 heterocycles. The van der Waals surface area contributed by atoms with Gasteiger partial charge in [0.15, 0.2) is 0 Å². The maximum absolute atomic E-state index is 6.09. The van der Waals surface area contributed by atoms with Crippen LogP contribution >= 0.6 is 0 Å². The molecule has 0 aromatic rings. The van der Waals surface area contributed by atoms with Gasteiger partial charge in [-0.2, -0.15) is 0 Å². The van der Waals surface area contributed by atoms with Crippen molar-refractivity contribution >= 4 is 0 Å². The van der Waals surface area contributed by atoms with Crippen LogP contribution in [0.2, 0.25) is 0 Å². The number of hydrogen-bond donors (Lipinski definition) is 4. The van der Waals surface area contributed by atoms with Crippen LogP contribution < -0.4 is 22.9 Å². The molecule has 0 aliphatic heterocycles. The molecule has 0 saturated carbocycles. The van der Waals surface area contributed by atoms with Crippen LogP contribution in [0.15, 0.2) is 0 Å². The highest BCUT2D eigenvalue weighted by Gasteiger charge is 2.07. The molecule has 8 N–H and O–H groups in total. The lowest BCUT2D eigenvalue weighted by atomic mass is 9.98. The van der Waals surface area contributed by atoms with Crippen LogP contribution in [0.25, 0.3) is 0 Å². The third-order valence-electron chi connectivity index (χ3n) is 3.62. The average molecular weight is 272 g/mol. The van der Waals surface area contributed by atoms with Crippen molar-refractivity contribution in [2.45, 2.75) is 95.8 Å². The molecular formula is C15H36N4. The monoisotopic (exact) mass is 272 g/mol. The predicted molar refractivity (Wildman–Crippen MR) is 84.8 cm³/mol. The Bertz CT molecular complexity index is 175. The molecule has 0 rings (SSSR count). The van der Waals surface area contributed by atoms with Gasteiger partial charge in [-0.15, -0.1) is 0 Å². The van der Waals surface area contributed by atoms with E-state index >= 15 is 0 Å². The van der Waals surface area contributed by atoms with Crippen LogP contribution in [0.5, 0.6) is 0 Å². The summed E-state index contributed by atoms with van der Waals surface area (Å²) >= 11 is 0. The summed E-state index contributed by atoms with van der Waals surface area (Å²) < 4.78 is 0. The van der Waals surface area contributed by atoms with Crippen LogP contribution in [0, 0.1) is 0 Å². The minimum atomic E-state index is 0.297. The number of rotatable bonds is 12. The van der Waals surface area contributed by atoms with Crippen LogP contribution in [-0.4, -0.2) is 24.2 Å². The summed E-state index contributed by atoms with van der Waals surface area (Å²) in [7, 11) is 0. The zero-order chi connectivity index (χ0) is 14.7. The Kier molecular flexibility index (Phi) is 11.6. The zero-order valence-corrected chi connectivity index (χ0v) is 13.0. The highest BCUT2D eigenvalue weighted by Crippen LogP contribution is 2.11. The summed E-state index contributed by atoms with van der Waals surface area (Å²) in [4.78, 5) is 0. The fourth-order valence-corrected chi connectivity index (χ4v) is 2.33. The maximum Gasteiger partial charge on any atom is 0.00388 e. The van der Waals surface area contributed by atoms with Gasteiger partial charge in [-0.1, -0.05) is 19.3 Å². The van der Waals surface area contributed by atoms with Crippen molar-refractivity contribution in [2.75, 3.05) is 0 Å². The van der Waals surface area contributed by atoms with E-state index in [9.17, 15) is 0 Å². The number of nitrogens with two attached hydrogens (primary N) is 4. The molecule has 0 fully saturated rings. The van der Waals surface area contributed by atoms with Gasteiger partial charge in [0.1, 0.15) is 0 Å². The van der Waals surface area contributed by atoms with E-state index in [0.717, 1.165) is 57.8 Å². The predicted octanol–water partition coefficient (Wildman–Crippen LogP) is 1.85. The van der Waals surface area contributed by atoms with Crippen molar-refractivity contribution in [1.82, 2.24) is 0 Å². The lowest BCUT2D eigenvalue weighted by Crippen LogP contribution is -2.24. The molecule has 0 aliphatic rings. The Morgan fingerprint density at radius 1 is 0.526 bits per heavy atom.